The fourth-order valence-electron chi connectivity index (χ4n) is 4.66. The zero-order valence-corrected chi connectivity index (χ0v) is 14.3. The van der Waals surface area contributed by atoms with Crippen molar-refractivity contribution >= 4 is 6.02 Å². The summed E-state index contributed by atoms with van der Waals surface area (Å²) in [6.45, 7) is 0.412. The number of aliphatic imine (C=N–C) groups is 1. The second kappa shape index (κ2) is 5.69. The van der Waals surface area contributed by atoms with Gasteiger partial charge in [0.25, 0.3) is 6.02 Å². The number of ether oxygens (including phenoxy) is 2. The molecule has 1 fully saturated rings. The summed E-state index contributed by atoms with van der Waals surface area (Å²) in [5.74, 6) is 0.529. The van der Waals surface area contributed by atoms with E-state index < -0.39 is 11.5 Å². The van der Waals surface area contributed by atoms with Crippen molar-refractivity contribution in [3.05, 3.63) is 48.0 Å². The molecule has 3 atom stereocenters. The highest BCUT2D eigenvalue weighted by molar-refractivity contribution is 5.75. The molecule has 1 aromatic carbocycles. The number of rotatable bonds is 1. The number of halogens is 1. The van der Waals surface area contributed by atoms with Gasteiger partial charge in [0.2, 0.25) is 5.95 Å². The minimum atomic E-state index is -0.544. The molecule has 2 aromatic rings. The van der Waals surface area contributed by atoms with Crippen molar-refractivity contribution in [2.24, 2.45) is 16.6 Å². The molecule has 3 unspecified atom stereocenters. The molecule has 0 bridgehead atoms. The van der Waals surface area contributed by atoms with Crippen molar-refractivity contribution in [2.75, 3.05) is 6.61 Å². The lowest BCUT2D eigenvalue weighted by Gasteiger charge is -2.46. The van der Waals surface area contributed by atoms with Crippen LogP contribution in [0.5, 0.6) is 5.75 Å². The quantitative estimate of drug-likeness (QED) is 0.798. The topological polar surface area (TPSA) is 69.7 Å². The maximum absolute atomic E-state index is 14.2. The van der Waals surface area contributed by atoms with Crippen molar-refractivity contribution < 1.29 is 13.9 Å². The number of fused-ring (bicyclic) bond motifs is 4. The van der Waals surface area contributed by atoms with Crippen molar-refractivity contribution in [3.63, 3.8) is 0 Å². The maximum Gasteiger partial charge on any atom is 0.283 e. The Hall–Kier alpha value is -2.63. The van der Waals surface area contributed by atoms with E-state index in [1.807, 2.05) is 18.2 Å². The third-order valence-corrected chi connectivity index (χ3v) is 5.86. The van der Waals surface area contributed by atoms with E-state index >= 15 is 0 Å². The number of benzene rings is 1. The Bertz CT molecular complexity index is 900. The molecular weight excluding hydrogens is 333 g/mol. The van der Waals surface area contributed by atoms with Gasteiger partial charge in [-0.1, -0.05) is 12.5 Å². The number of pyridine rings is 1. The average molecular weight is 353 g/mol. The van der Waals surface area contributed by atoms with E-state index in [4.69, 9.17) is 20.2 Å². The minimum Gasteiger partial charge on any atom is -0.490 e. The average Bonchev–Trinajstić information content (AvgIpc) is 3.05. The van der Waals surface area contributed by atoms with Gasteiger partial charge in [0.05, 0.1) is 0 Å². The standard InChI is InChI=1S/C20H20FN3O2/c21-18-13(4-3-9-23-18)12-7-8-17-15(10-12)20(11-25-19(22)24-20)14-5-1-2-6-16(14)26-17/h3-4,7-10,14,16H,1-2,5-6,11H2,(H2,22,24). The van der Waals surface area contributed by atoms with Crippen LogP contribution < -0.4 is 10.5 Å². The Morgan fingerprint density at radius 1 is 1.19 bits per heavy atom. The lowest BCUT2D eigenvalue weighted by molar-refractivity contribution is 0.00745. The summed E-state index contributed by atoms with van der Waals surface area (Å²) in [6.07, 6.45) is 5.91. The Morgan fingerprint density at radius 2 is 2.08 bits per heavy atom. The summed E-state index contributed by atoms with van der Waals surface area (Å²) in [5, 5.41) is 0. The van der Waals surface area contributed by atoms with Crippen LogP contribution >= 0.6 is 0 Å². The first-order valence-corrected chi connectivity index (χ1v) is 9.07. The van der Waals surface area contributed by atoms with Gasteiger partial charge in [-0.2, -0.15) is 4.39 Å². The molecule has 0 saturated heterocycles. The monoisotopic (exact) mass is 353 g/mol. The van der Waals surface area contributed by atoms with E-state index in [0.29, 0.717) is 12.2 Å². The van der Waals surface area contributed by atoms with Crippen LogP contribution in [0.25, 0.3) is 11.1 Å². The summed E-state index contributed by atoms with van der Waals surface area (Å²) in [6, 6.07) is 9.43. The Kier molecular flexibility index (Phi) is 3.42. The number of aromatic nitrogens is 1. The number of nitrogens with two attached hydrogens (primary N) is 1. The first-order valence-electron chi connectivity index (χ1n) is 9.07. The minimum absolute atomic E-state index is 0.121. The molecule has 0 amide bonds. The van der Waals surface area contributed by atoms with Crippen LogP contribution in [0.4, 0.5) is 4.39 Å². The van der Waals surface area contributed by atoms with E-state index in [-0.39, 0.29) is 18.0 Å². The molecule has 3 heterocycles. The van der Waals surface area contributed by atoms with Gasteiger partial charge < -0.3 is 15.2 Å². The second-order valence-electron chi connectivity index (χ2n) is 7.26. The molecule has 134 valence electrons. The van der Waals surface area contributed by atoms with Gasteiger partial charge in [-0.05, 0) is 49.1 Å². The van der Waals surface area contributed by atoms with Crippen molar-refractivity contribution in [1.29, 1.82) is 0 Å². The second-order valence-corrected chi connectivity index (χ2v) is 7.26. The molecule has 1 saturated carbocycles. The summed E-state index contributed by atoms with van der Waals surface area (Å²) in [4.78, 5) is 8.51. The lowest BCUT2D eigenvalue weighted by Crippen LogP contribution is -2.49. The van der Waals surface area contributed by atoms with Crippen molar-refractivity contribution in [1.82, 2.24) is 4.98 Å². The summed E-state index contributed by atoms with van der Waals surface area (Å²) >= 11 is 0. The van der Waals surface area contributed by atoms with Gasteiger partial charge in [0.15, 0.2) is 0 Å². The normalized spacial score (nSPS) is 29.3. The summed E-state index contributed by atoms with van der Waals surface area (Å²) < 4.78 is 26.1. The fourth-order valence-corrected chi connectivity index (χ4v) is 4.66. The van der Waals surface area contributed by atoms with Crippen LogP contribution in [0.15, 0.2) is 41.5 Å². The fraction of sp³-hybridized carbons (Fsp3) is 0.400. The van der Waals surface area contributed by atoms with Crippen molar-refractivity contribution in [2.45, 2.75) is 37.3 Å². The Labute approximate surface area is 151 Å². The number of amidine groups is 1. The van der Waals surface area contributed by atoms with Gasteiger partial charge >= 0.3 is 0 Å². The van der Waals surface area contributed by atoms with Crippen LogP contribution in [0, 0.1) is 11.9 Å². The van der Waals surface area contributed by atoms with E-state index in [9.17, 15) is 4.39 Å². The first kappa shape index (κ1) is 15.6. The molecule has 2 aliphatic heterocycles. The van der Waals surface area contributed by atoms with Gasteiger partial charge in [0.1, 0.15) is 24.0 Å². The van der Waals surface area contributed by atoms with Crippen LogP contribution in [-0.2, 0) is 10.3 Å². The highest BCUT2D eigenvalue weighted by atomic mass is 19.1. The zero-order valence-electron chi connectivity index (χ0n) is 14.3. The predicted molar refractivity (Wildman–Crippen MR) is 95.3 cm³/mol. The third-order valence-electron chi connectivity index (χ3n) is 5.86. The number of hydrogen-bond acceptors (Lipinski definition) is 5. The van der Waals surface area contributed by atoms with Gasteiger partial charge in [-0.15, -0.1) is 0 Å². The molecule has 1 aliphatic carbocycles. The Balaban J connectivity index is 1.69. The largest absolute Gasteiger partial charge is 0.490 e. The van der Waals surface area contributed by atoms with E-state index in [0.717, 1.165) is 42.6 Å². The molecular formula is C20H20FN3O2. The van der Waals surface area contributed by atoms with Crippen LogP contribution in [-0.4, -0.2) is 23.7 Å². The number of nitrogens with zero attached hydrogens (tertiary/aromatic N) is 2. The van der Waals surface area contributed by atoms with Crippen LogP contribution in [0.2, 0.25) is 0 Å². The molecule has 26 heavy (non-hydrogen) atoms. The van der Waals surface area contributed by atoms with E-state index in [2.05, 4.69) is 4.98 Å². The summed E-state index contributed by atoms with van der Waals surface area (Å²) in [5.41, 5.74) is 7.52. The van der Waals surface area contributed by atoms with E-state index in [1.54, 1.807) is 12.1 Å². The SMILES string of the molecule is NC1=NC2(CO1)c1cc(-c3cccnc3F)ccc1OC1CCCCC12. The molecule has 5 nitrogen and oxygen atoms in total. The van der Waals surface area contributed by atoms with Crippen LogP contribution in [0.3, 0.4) is 0 Å². The molecule has 0 radical (unpaired) electrons. The molecule has 2 N–H and O–H groups in total. The summed E-state index contributed by atoms with van der Waals surface area (Å²) in [7, 11) is 0. The van der Waals surface area contributed by atoms with Crippen molar-refractivity contribution in [3.8, 4) is 16.9 Å². The first-order chi connectivity index (χ1) is 12.7. The third kappa shape index (κ3) is 2.21. The zero-order chi connectivity index (χ0) is 17.7. The lowest BCUT2D eigenvalue weighted by atomic mass is 9.68. The Morgan fingerprint density at radius 3 is 2.88 bits per heavy atom. The highest BCUT2D eigenvalue weighted by Crippen LogP contribution is 2.52. The van der Waals surface area contributed by atoms with Crippen LogP contribution in [0.1, 0.15) is 31.2 Å². The predicted octanol–water partition coefficient (Wildman–Crippen LogP) is 3.38. The molecule has 3 aliphatic rings. The molecule has 6 heteroatoms. The van der Waals surface area contributed by atoms with Gasteiger partial charge in [-0.3, -0.25) is 0 Å². The maximum atomic E-state index is 14.2. The van der Waals surface area contributed by atoms with Gasteiger partial charge in [0, 0.05) is 23.2 Å². The highest BCUT2D eigenvalue weighted by Gasteiger charge is 2.54. The molecule has 5 rings (SSSR count). The van der Waals surface area contributed by atoms with E-state index in [1.165, 1.54) is 6.20 Å². The molecule has 1 aromatic heterocycles. The number of hydrogen-bond donors (Lipinski definition) is 1. The smallest absolute Gasteiger partial charge is 0.283 e. The van der Waals surface area contributed by atoms with Gasteiger partial charge in [-0.25, -0.2) is 9.98 Å². The molecule has 1 spiro atoms.